The van der Waals surface area contributed by atoms with Crippen molar-refractivity contribution in [1.29, 1.82) is 5.26 Å². The van der Waals surface area contributed by atoms with E-state index in [0.29, 0.717) is 56.2 Å². The van der Waals surface area contributed by atoms with Crippen LogP contribution in [0.5, 0.6) is 11.5 Å². The number of anilines is 2. The van der Waals surface area contributed by atoms with Gasteiger partial charge < -0.3 is 19.3 Å². The van der Waals surface area contributed by atoms with Crippen LogP contribution in [0.3, 0.4) is 0 Å². The predicted octanol–water partition coefficient (Wildman–Crippen LogP) is 4.72. The van der Waals surface area contributed by atoms with Gasteiger partial charge in [-0.1, -0.05) is 12.8 Å². The molecule has 1 saturated carbocycles. The third-order valence-corrected chi connectivity index (χ3v) is 10.1. The lowest BCUT2D eigenvalue weighted by atomic mass is 10.1. The first-order valence-corrected chi connectivity index (χ1v) is 17.4. The van der Waals surface area contributed by atoms with Crippen molar-refractivity contribution >= 4 is 38.7 Å². The summed E-state index contributed by atoms with van der Waals surface area (Å²) in [7, 11) is -3.80. The van der Waals surface area contributed by atoms with Crippen LogP contribution in [0.25, 0.3) is 16.6 Å². The van der Waals surface area contributed by atoms with Gasteiger partial charge >= 0.3 is 6.09 Å². The SMILES string of the molecule is CC(C)(C)OC(=O)N1CCN(c2ncc(-n3cnc4ccc(Oc5c(F)ccc(NS(=O)(=O)C6CCCC6)c5C#N)cc4c3=O)cn2)CC1. The fourth-order valence-electron chi connectivity index (χ4n) is 5.77. The molecule has 1 saturated heterocycles. The highest BCUT2D eigenvalue weighted by Crippen LogP contribution is 2.35. The van der Waals surface area contributed by atoms with E-state index in [1.807, 2.05) is 31.7 Å². The van der Waals surface area contributed by atoms with E-state index in [-0.39, 0.29) is 28.5 Å². The van der Waals surface area contributed by atoms with Gasteiger partial charge in [0, 0.05) is 26.2 Å². The number of hydrogen-bond acceptors (Lipinski definition) is 11. The lowest BCUT2D eigenvalue weighted by Crippen LogP contribution is -2.50. The zero-order chi connectivity index (χ0) is 34.9. The molecule has 2 aliphatic rings. The summed E-state index contributed by atoms with van der Waals surface area (Å²) in [5.74, 6) is -0.887. The van der Waals surface area contributed by atoms with Crippen molar-refractivity contribution < 1.29 is 27.1 Å². The van der Waals surface area contributed by atoms with Gasteiger partial charge in [-0.25, -0.2) is 32.6 Å². The Morgan fingerprint density at radius 2 is 1.73 bits per heavy atom. The van der Waals surface area contributed by atoms with E-state index in [1.165, 1.54) is 47.6 Å². The first-order chi connectivity index (χ1) is 23.3. The number of aromatic nitrogens is 4. The molecule has 2 fully saturated rings. The molecule has 1 aliphatic heterocycles. The number of fused-ring (bicyclic) bond motifs is 1. The highest BCUT2D eigenvalue weighted by molar-refractivity contribution is 7.93. The maximum absolute atomic E-state index is 15.0. The van der Waals surface area contributed by atoms with Crippen LogP contribution < -0.4 is 19.9 Å². The molecule has 256 valence electrons. The minimum Gasteiger partial charge on any atom is -0.453 e. The molecule has 0 unspecified atom stereocenters. The van der Waals surface area contributed by atoms with Gasteiger partial charge in [-0.05, 0) is 63.9 Å². The predicted molar refractivity (Wildman–Crippen MR) is 179 cm³/mol. The fourth-order valence-corrected chi connectivity index (χ4v) is 7.37. The van der Waals surface area contributed by atoms with Gasteiger partial charge in [0.15, 0.2) is 11.6 Å². The summed E-state index contributed by atoms with van der Waals surface area (Å²) in [6.07, 6.45) is 6.56. The molecule has 3 heterocycles. The molecule has 0 spiro atoms. The number of nitrogens with one attached hydrogen (secondary N) is 1. The zero-order valence-corrected chi connectivity index (χ0v) is 28.0. The molecule has 2 aromatic heterocycles. The van der Waals surface area contributed by atoms with Gasteiger partial charge in [-0.2, -0.15) is 5.26 Å². The Kier molecular flexibility index (Phi) is 9.12. The van der Waals surface area contributed by atoms with Crippen LogP contribution in [0.2, 0.25) is 0 Å². The summed E-state index contributed by atoms with van der Waals surface area (Å²) in [5, 5.41) is 9.43. The number of piperazine rings is 1. The van der Waals surface area contributed by atoms with Crippen LogP contribution in [0.1, 0.15) is 52.0 Å². The van der Waals surface area contributed by atoms with Crippen molar-refractivity contribution in [3.05, 3.63) is 70.8 Å². The molecule has 2 aromatic carbocycles. The van der Waals surface area contributed by atoms with E-state index in [1.54, 1.807) is 4.90 Å². The third-order valence-electron chi connectivity index (χ3n) is 8.28. The zero-order valence-electron chi connectivity index (χ0n) is 27.2. The topological polar surface area (TPSA) is 173 Å². The maximum atomic E-state index is 15.0. The summed E-state index contributed by atoms with van der Waals surface area (Å²) in [6.45, 7) is 7.35. The standard InChI is InChI=1S/C33H35FN8O6S/c1-33(2,3)48-32(44)41-14-12-40(13-15-41)31-36-18-21(19-37-31)42-20-38-27-10-8-22(16-24(27)30(42)43)47-29-25(17-35)28(11-9-26(29)34)39-49(45,46)23-6-4-5-7-23/h8-11,16,18-20,23,39H,4-7,12-15H2,1-3H3. The Labute approximate surface area is 282 Å². The lowest BCUT2D eigenvalue weighted by molar-refractivity contribution is 0.0240. The fraction of sp³-hybridized carbons (Fsp3) is 0.394. The van der Waals surface area contributed by atoms with Crippen molar-refractivity contribution in [1.82, 2.24) is 24.4 Å². The molecule has 1 N–H and O–H groups in total. The first-order valence-electron chi connectivity index (χ1n) is 15.8. The van der Waals surface area contributed by atoms with Crippen LogP contribution in [-0.4, -0.2) is 76.0 Å². The minimum absolute atomic E-state index is 0.0347. The van der Waals surface area contributed by atoms with E-state index in [4.69, 9.17) is 9.47 Å². The van der Waals surface area contributed by atoms with E-state index < -0.39 is 38.0 Å². The van der Waals surface area contributed by atoms with Crippen molar-refractivity contribution in [2.75, 3.05) is 35.8 Å². The summed E-state index contributed by atoms with van der Waals surface area (Å²) in [5.41, 5.74) is -0.786. The average molecular weight is 691 g/mol. The van der Waals surface area contributed by atoms with Crippen molar-refractivity contribution in [3.63, 3.8) is 0 Å². The lowest BCUT2D eigenvalue weighted by Gasteiger charge is -2.35. The third kappa shape index (κ3) is 7.26. The smallest absolute Gasteiger partial charge is 0.410 e. The van der Waals surface area contributed by atoms with Crippen LogP contribution in [0, 0.1) is 17.1 Å². The molecule has 1 amide bonds. The molecule has 4 aromatic rings. The number of hydrogen-bond donors (Lipinski definition) is 1. The monoisotopic (exact) mass is 690 g/mol. The molecular formula is C33H35FN8O6S. The quantitative estimate of drug-likeness (QED) is 0.284. The molecule has 49 heavy (non-hydrogen) atoms. The number of nitriles is 1. The van der Waals surface area contributed by atoms with Gasteiger partial charge in [0.25, 0.3) is 5.56 Å². The van der Waals surface area contributed by atoms with E-state index in [9.17, 15) is 23.3 Å². The van der Waals surface area contributed by atoms with Crippen molar-refractivity contribution in [2.24, 2.45) is 0 Å². The first kappa shape index (κ1) is 33.6. The van der Waals surface area contributed by atoms with Crippen molar-refractivity contribution in [2.45, 2.75) is 57.3 Å². The molecule has 14 nitrogen and oxygen atoms in total. The Morgan fingerprint density at radius 3 is 2.39 bits per heavy atom. The van der Waals surface area contributed by atoms with E-state index >= 15 is 4.39 Å². The number of carbonyl (C=O) groups is 1. The second kappa shape index (κ2) is 13.3. The summed E-state index contributed by atoms with van der Waals surface area (Å²) in [4.78, 5) is 42.8. The number of sulfonamides is 1. The summed E-state index contributed by atoms with van der Waals surface area (Å²) in [6, 6.07) is 8.41. The Balaban J connectivity index is 1.21. The van der Waals surface area contributed by atoms with Crippen LogP contribution in [0.15, 0.2) is 53.8 Å². The normalized spacial score (nSPS) is 15.7. The molecule has 0 radical (unpaired) electrons. The van der Waals surface area contributed by atoms with Crippen molar-refractivity contribution in [3.8, 4) is 23.3 Å². The number of nitrogens with zero attached hydrogens (tertiary/aromatic N) is 7. The number of rotatable bonds is 7. The molecule has 16 heteroatoms. The van der Waals surface area contributed by atoms with E-state index in [2.05, 4.69) is 19.7 Å². The summed E-state index contributed by atoms with van der Waals surface area (Å²) >= 11 is 0. The maximum Gasteiger partial charge on any atom is 0.410 e. The Morgan fingerprint density at radius 1 is 1.04 bits per heavy atom. The molecular weight excluding hydrogens is 655 g/mol. The van der Waals surface area contributed by atoms with Gasteiger partial charge in [-0.15, -0.1) is 0 Å². The molecule has 1 aliphatic carbocycles. The van der Waals surface area contributed by atoms with Gasteiger partial charge in [-0.3, -0.25) is 14.1 Å². The minimum atomic E-state index is -3.80. The van der Waals surface area contributed by atoms with Crippen LogP contribution in [-0.2, 0) is 14.8 Å². The second-order valence-corrected chi connectivity index (χ2v) is 14.8. The Bertz CT molecular complexity index is 2100. The number of ether oxygens (including phenoxy) is 2. The average Bonchev–Trinajstić information content (AvgIpc) is 3.63. The van der Waals surface area contributed by atoms with Gasteiger partial charge in [0.05, 0.1) is 39.9 Å². The van der Waals surface area contributed by atoms with Crippen LogP contribution >= 0.6 is 0 Å². The largest absolute Gasteiger partial charge is 0.453 e. The molecule has 0 bridgehead atoms. The van der Waals surface area contributed by atoms with E-state index in [0.717, 1.165) is 18.9 Å². The molecule has 0 atom stereocenters. The number of halogens is 1. The summed E-state index contributed by atoms with van der Waals surface area (Å²) < 4.78 is 55.8. The second-order valence-electron chi connectivity index (χ2n) is 12.9. The molecule has 6 rings (SSSR count). The highest BCUT2D eigenvalue weighted by Gasteiger charge is 2.30. The highest BCUT2D eigenvalue weighted by atomic mass is 32.2. The number of carbonyl (C=O) groups excluding carboxylic acids is 1. The van der Waals surface area contributed by atoms with Gasteiger partial charge in [0.1, 0.15) is 29.3 Å². The Hall–Kier alpha value is -5.30. The number of amides is 1. The number of benzene rings is 2. The van der Waals surface area contributed by atoms with Crippen LogP contribution in [0.4, 0.5) is 20.8 Å². The van der Waals surface area contributed by atoms with Gasteiger partial charge in [0.2, 0.25) is 16.0 Å².